The second kappa shape index (κ2) is 20.9. The average Bonchev–Trinajstić information content (AvgIpc) is 2.96. The molecule has 0 spiro atoms. The molecule has 0 aromatic rings. The maximum absolute atomic E-state index is 12.7. The molecule has 1 amide bonds. The van der Waals surface area contributed by atoms with Crippen LogP contribution >= 0.6 is 0 Å². The lowest BCUT2D eigenvalue weighted by molar-refractivity contribution is -0.409. The summed E-state index contributed by atoms with van der Waals surface area (Å²) in [5.74, 6) is -1.88. The lowest BCUT2D eigenvalue weighted by Gasteiger charge is -2.46. The van der Waals surface area contributed by atoms with E-state index in [1.807, 2.05) is 0 Å². The van der Waals surface area contributed by atoms with Gasteiger partial charge in [0, 0.05) is 13.5 Å². The van der Waals surface area contributed by atoms with E-state index in [0.717, 1.165) is 12.8 Å². The van der Waals surface area contributed by atoms with Gasteiger partial charge >= 0.3 is 11.9 Å². The Balaban J connectivity index is 2.80. The number of aliphatic hydroxyl groups is 4. The summed E-state index contributed by atoms with van der Waals surface area (Å²) in [5.41, 5.74) is 0. The fourth-order valence-corrected chi connectivity index (χ4v) is 4.68. The number of methoxy groups -OCH3 is 1. The van der Waals surface area contributed by atoms with Crippen molar-refractivity contribution < 1.29 is 63.2 Å². The summed E-state index contributed by atoms with van der Waals surface area (Å²) < 4.78 is 31.8. The summed E-state index contributed by atoms with van der Waals surface area (Å²) in [5, 5.41) is 43.7. The van der Waals surface area contributed by atoms with Gasteiger partial charge in [0.25, 0.3) is 6.47 Å². The molecule has 5 N–H and O–H groups in total. The third kappa shape index (κ3) is 14.6. The summed E-state index contributed by atoms with van der Waals surface area (Å²) in [6.07, 6.45) is -5.09. The van der Waals surface area contributed by atoms with Crippen molar-refractivity contribution in [2.24, 2.45) is 17.8 Å². The van der Waals surface area contributed by atoms with Crippen molar-refractivity contribution >= 4 is 18.3 Å². The third-order valence-electron chi connectivity index (χ3n) is 7.57. The van der Waals surface area contributed by atoms with Crippen LogP contribution in [-0.4, -0.2) is 122 Å². The minimum absolute atomic E-state index is 0.00144. The van der Waals surface area contributed by atoms with Crippen LogP contribution in [0.5, 0.6) is 0 Å². The van der Waals surface area contributed by atoms with Gasteiger partial charge in [-0.2, -0.15) is 0 Å². The van der Waals surface area contributed by atoms with E-state index in [-0.39, 0.29) is 39.1 Å². The molecule has 43 heavy (non-hydrogen) atoms. The van der Waals surface area contributed by atoms with Crippen molar-refractivity contribution in [3.05, 3.63) is 0 Å². The number of esters is 1. The average molecular weight is 624 g/mol. The van der Waals surface area contributed by atoms with Crippen molar-refractivity contribution in [3.8, 4) is 0 Å². The van der Waals surface area contributed by atoms with E-state index in [9.17, 15) is 34.8 Å². The fourth-order valence-electron chi connectivity index (χ4n) is 4.68. The number of amides is 1. The molecule has 14 nitrogen and oxygen atoms in total. The molecule has 0 radical (unpaired) electrons. The standard InChI is InChI=1S/C29H53NO13/c1-19(2)21(4)15-20(3)7-6-10-41-29(42-18-32)16-22(33)26(28(43-29)27(37)23(34)17-31)30-24(35)8-9-25(36)40-14-13-39-12-11-38-5/h18-23,26-28,31,33-34,37H,6-17H2,1-5H3,(H,30,35). The molecule has 0 aromatic heterocycles. The van der Waals surface area contributed by atoms with Crippen LogP contribution in [0.4, 0.5) is 0 Å². The monoisotopic (exact) mass is 623 g/mol. The molecule has 1 aliphatic rings. The molecule has 8 unspecified atom stereocenters. The normalized spacial score (nSPS) is 25.0. The molecule has 0 aromatic carbocycles. The van der Waals surface area contributed by atoms with Gasteiger partial charge in [-0.05, 0) is 37.0 Å². The van der Waals surface area contributed by atoms with Crippen LogP contribution in [0.15, 0.2) is 0 Å². The van der Waals surface area contributed by atoms with Crippen LogP contribution in [0, 0.1) is 17.8 Å². The highest BCUT2D eigenvalue weighted by Crippen LogP contribution is 2.34. The van der Waals surface area contributed by atoms with Crippen LogP contribution in [0.3, 0.4) is 0 Å². The second-order valence-corrected chi connectivity index (χ2v) is 11.5. The minimum Gasteiger partial charge on any atom is -0.463 e. The van der Waals surface area contributed by atoms with Gasteiger partial charge in [-0.1, -0.05) is 27.7 Å². The predicted molar refractivity (Wildman–Crippen MR) is 152 cm³/mol. The maximum Gasteiger partial charge on any atom is 0.332 e. The number of rotatable bonds is 23. The zero-order valence-corrected chi connectivity index (χ0v) is 26.1. The Labute approximate surface area is 254 Å². The fraction of sp³-hybridized carbons (Fsp3) is 0.897. The molecular weight excluding hydrogens is 570 g/mol. The molecule has 0 bridgehead atoms. The summed E-state index contributed by atoms with van der Waals surface area (Å²) >= 11 is 0. The third-order valence-corrected chi connectivity index (χ3v) is 7.57. The molecule has 1 fully saturated rings. The Hall–Kier alpha value is -1.91. The summed E-state index contributed by atoms with van der Waals surface area (Å²) in [7, 11) is 1.53. The molecule has 1 heterocycles. The van der Waals surface area contributed by atoms with Crippen LogP contribution in [0.2, 0.25) is 0 Å². The molecule has 0 saturated carbocycles. The highest BCUT2D eigenvalue weighted by molar-refractivity contribution is 5.81. The molecule has 14 heteroatoms. The van der Waals surface area contributed by atoms with Crippen LogP contribution in [0.1, 0.15) is 66.2 Å². The van der Waals surface area contributed by atoms with Crippen molar-refractivity contribution in [3.63, 3.8) is 0 Å². The molecule has 1 rings (SSSR count). The van der Waals surface area contributed by atoms with Gasteiger partial charge in [0.05, 0.1) is 58.0 Å². The first-order chi connectivity index (χ1) is 20.4. The zero-order chi connectivity index (χ0) is 32.4. The SMILES string of the molecule is COCCOCCOC(=O)CCC(=O)NC1C(O)CC(OC=O)(OCCCC(C)CC(C)C(C)C)OC1C(O)C(O)CO. The van der Waals surface area contributed by atoms with E-state index < -0.39 is 61.3 Å². The van der Waals surface area contributed by atoms with E-state index in [1.54, 1.807) is 0 Å². The Kier molecular flexibility index (Phi) is 19.0. The molecule has 252 valence electrons. The van der Waals surface area contributed by atoms with E-state index >= 15 is 0 Å². The smallest absolute Gasteiger partial charge is 0.332 e. The number of ether oxygens (including phenoxy) is 6. The van der Waals surface area contributed by atoms with Gasteiger partial charge in [-0.25, -0.2) is 0 Å². The Morgan fingerprint density at radius 2 is 1.77 bits per heavy atom. The van der Waals surface area contributed by atoms with E-state index in [0.29, 0.717) is 37.4 Å². The number of carbonyl (C=O) groups excluding carboxylic acids is 3. The van der Waals surface area contributed by atoms with Crippen LogP contribution < -0.4 is 5.32 Å². The highest BCUT2D eigenvalue weighted by Gasteiger charge is 2.53. The lowest BCUT2D eigenvalue weighted by Crippen LogP contribution is -2.66. The van der Waals surface area contributed by atoms with Crippen molar-refractivity contribution in [2.75, 3.05) is 46.8 Å². The van der Waals surface area contributed by atoms with Gasteiger partial charge in [0.2, 0.25) is 5.91 Å². The first kappa shape index (κ1) is 39.1. The second-order valence-electron chi connectivity index (χ2n) is 11.5. The van der Waals surface area contributed by atoms with Gasteiger partial charge in [0.1, 0.15) is 24.9 Å². The maximum atomic E-state index is 12.7. The van der Waals surface area contributed by atoms with Crippen molar-refractivity contribution in [1.82, 2.24) is 5.32 Å². The number of carbonyl (C=O) groups is 3. The largest absolute Gasteiger partial charge is 0.463 e. The Morgan fingerprint density at radius 3 is 2.40 bits per heavy atom. The summed E-state index contributed by atoms with van der Waals surface area (Å²) in [4.78, 5) is 36.0. The quantitative estimate of drug-likeness (QED) is 0.0450. The van der Waals surface area contributed by atoms with Crippen molar-refractivity contribution in [1.29, 1.82) is 0 Å². The van der Waals surface area contributed by atoms with Crippen molar-refractivity contribution in [2.45, 2.75) is 103 Å². The number of hydrogen-bond donors (Lipinski definition) is 5. The van der Waals surface area contributed by atoms with Gasteiger partial charge in [-0.15, -0.1) is 0 Å². The molecule has 1 aliphatic heterocycles. The molecule has 8 atom stereocenters. The van der Waals surface area contributed by atoms with Crippen LogP contribution in [-0.2, 0) is 42.8 Å². The minimum atomic E-state index is -2.10. The molecule has 0 aliphatic carbocycles. The van der Waals surface area contributed by atoms with E-state index in [4.69, 9.17) is 28.4 Å². The first-order valence-electron chi connectivity index (χ1n) is 15.0. The first-order valence-corrected chi connectivity index (χ1v) is 15.0. The zero-order valence-electron chi connectivity index (χ0n) is 26.1. The topological polar surface area (TPSA) is 200 Å². The predicted octanol–water partition coefficient (Wildman–Crippen LogP) is 0.263. The lowest BCUT2D eigenvalue weighted by atomic mass is 9.87. The highest BCUT2D eigenvalue weighted by atomic mass is 16.9. The summed E-state index contributed by atoms with van der Waals surface area (Å²) in [6, 6.07) is -1.31. The Bertz CT molecular complexity index is 800. The summed E-state index contributed by atoms with van der Waals surface area (Å²) in [6.45, 7) is 8.96. The van der Waals surface area contributed by atoms with Gasteiger partial charge in [-0.3, -0.25) is 14.4 Å². The number of hydrogen-bond acceptors (Lipinski definition) is 13. The number of nitrogens with one attached hydrogen (secondary N) is 1. The van der Waals surface area contributed by atoms with E-state index in [2.05, 4.69) is 33.0 Å². The Morgan fingerprint density at radius 1 is 1.07 bits per heavy atom. The van der Waals surface area contributed by atoms with E-state index in [1.165, 1.54) is 7.11 Å². The number of aliphatic hydroxyl groups excluding tert-OH is 4. The molecule has 1 saturated heterocycles. The molecular formula is C29H53NO13. The van der Waals surface area contributed by atoms with Gasteiger partial charge in [0.15, 0.2) is 0 Å². The van der Waals surface area contributed by atoms with Gasteiger partial charge < -0.3 is 54.2 Å². The van der Waals surface area contributed by atoms with Crippen LogP contribution in [0.25, 0.3) is 0 Å².